The zero-order valence-corrected chi connectivity index (χ0v) is 15.4. The first-order chi connectivity index (χ1) is 11.7. The van der Waals surface area contributed by atoms with E-state index in [0.717, 1.165) is 12.0 Å². The SMILES string of the molecule is CCN(Cc1cccc(F)c1)C(=O)C1CCCN1C(=O)OC(C)(C)C. The van der Waals surface area contributed by atoms with Gasteiger partial charge in [-0.1, -0.05) is 12.1 Å². The summed E-state index contributed by atoms with van der Waals surface area (Å²) in [7, 11) is 0. The molecule has 1 aromatic carbocycles. The van der Waals surface area contributed by atoms with Crippen molar-refractivity contribution < 1.29 is 18.7 Å². The molecule has 0 aliphatic carbocycles. The second-order valence-corrected chi connectivity index (χ2v) is 7.31. The average Bonchev–Trinajstić information content (AvgIpc) is 3.00. The Kier molecular flexibility index (Phi) is 6.03. The van der Waals surface area contributed by atoms with Gasteiger partial charge in [0.15, 0.2) is 0 Å². The highest BCUT2D eigenvalue weighted by Gasteiger charge is 2.38. The maximum Gasteiger partial charge on any atom is 0.410 e. The summed E-state index contributed by atoms with van der Waals surface area (Å²) < 4.78 is 18.8. The lowest BCUT2D eigenvalue weighted by atomic mass is 10.1. The maximum atomic E-state index is 13.4. The van der Waals surface area contributed by atoms with Gasteiger partial charge in [0.1, 0.15) is 17.5 Å². The van der Waals surface area contributed by atoms with Crippen LogP contribution in [-0.2, 0) is 16.1 Å². The fraction of sp³-hybridized carbons (Fsp3) is 0.579. The van der Waals surface area contributed by atoms with Gasteiger partial charge >= 0.3 is 6.09 Å². The van der Waals surface area contributed by atoms with Gasteiger partial charge < -0.3 is 9.64 Å². The van der Waals surface area contributed by atoms with Gasteiger partial charge in [-0.05, 0) is 58.2 Å². The minimum Gasteiger partial charge on any atom is -0.444 e. The maximum absolute atomic E-state index is 13.4. The van der Waals surface area contributed by atoms with E-state index in [1.54, 1.807) is 37.8 Å². The molecule has 1 heterocycles. The summed E-state index contributed by atoms with van der Waals surface area (Å²) >= 11 is 0. The van der Waals surface area contributed by atoms with Crippen molar-refractivity contribution in [2.75, 3.05) is 13.1 Å². The predicted octanol–water partition coefficient (Wildman–Crippen LogP) is 3.57. The van der Waals surface area contributed by atoms with Crippen LogP contribution < -0.4 is 0 Å². The van der Waals surface area contributed by atoms with Gasteiger partial charge in [-0.3, -0.25) is 9.69 Å². The van der Waals surface area contributed by atoms with E-state index < -0.39 is 17.7 Å². The van der Waals surface area contributed by atoms with E-state index in [9.17, 15) is 14.0 Å². The van der Waals surface area contributed by atoms with Gasteiger partial charge in [0.05, 0.1) is 0 Å². The van der Waals surface area contributed by atoms with Gasteiger partial charge in [-0.25, -0.2) is 9.18 Å². The molecule has 1 atom stereocenters. The lowest BCUT2D eigenvalue weighted by molar-refractivity contribution is -0.136. The molecule has 1 aliphatic heterocycles. The van der Waals surface area contributed by atoms with Crippen molar-refractivity contribution >= 4 is 12.0 Å². The Morgan fingerprint density at radius 2 is 2.08 bits per heavy atom. The number of carbonyl (C=O) groups is 2. The molecule has 0 radical (unpaired) electrons. The van der Waals surface area contributed by atoms with Crippen molar-refractivity contribution in [3.63, 3.8) is 0 Å². The summed E-state index contributed by atoms with van der Waals surface area (Å²) in [5.74, 6) is -0.438. The molecule has 0 N–H and O–H groups in total. The topological polar surface area (TPSA) is 49.9 Å². The van der Waals surface area contributed by atoms with Crippen LogP contribution in [0.15, 0.2) is 24.3 Å². The van der Waals surface area contributed by atoms with Crippen LogP contribution in [0.1, 0.15) is 46.1 Å². The first-order valence-corrected chi connectivity index (χ1v) is 8.74. The summed E-state index contributed by atoms with van der Waals surface area (Å²) in [5.41, 5.74) is 0.135. The van der Waals surface area contributed by atoms with Gasteiger partial charge in [0, 0.05) is 19.6 Å². The van der Waals surface area contributed by atoms with Crippen LogP contribution in [0.25, 0.3) is 0 Å². The fourth-order valence-electron chi connectivity index (χ4n) is 2.97. The van der Waals surface area contributed by atoms with E-state index in [1.165, 1.54) is 17.0 Å². The van der Waals surface area contributed by atoms with Crippen LogP contribution in [0.3, 0.4) is 0 Å². The molecule has 5 nitrogen and oxygen atoms in total. The van der Waals surface area contributed by atoms with Gasteiger partial charge in [0.2, 0.25) is 5.91 Å². The largest absolute Gasteiger partial charge is 0.444 e. The molecule has 1 aromatic rings. The summed E-state index contributed by atoms with van der Waals surface area (Å²) in [6.07, 6.45) is 0.940. The van der Waals surface area contributed by atoms with Crippen molar-refractivity contribution in [2.45, 2.75) is 58.7 Å². The van der Waals surface area contributed by atoms with Crippen LogP contribution >= 0.6 is 0 Å². The lowest BCUT2D eigenvalue weighted by Crippen LogP contribution is -2.48. The number of nitrogens with zero attached hydrogens (tertiary/aromatic N) is 2. The number of ether oxygens (including phenoxy) is 1. The van der Waals surface area contributed by atoms with E-state index in [0.29, 0.717) is 26.1 Å². The van der Waals surface area contributed by atoms with Crippen molar-refractivity contribution in [1.82, 2.24) is 9.80 Å². The monoisotopic (exact) mass is 350 g/mol. The number of hydrogen-bond donors (Lipinski definition) is 0. The summed E-state index contributed by atoms with van der Waals surface area (Å²) in [6.45, 7) is 8.63. The first-order valence-electron chi connectivity index (χ1n) is 8.74. The molecule has 2 rings (SSSR count). The molecule has 1 unspecified atom stereocenters. The number of likely N-dealkylation sites (N-methyl/N-ethyl adjacent to an activating group) is 1. The molecule has 0 bridgehead atoms. The highest BCUT2D eigenvalue weighted by Crippen LogP contribution is 2.23. The summed E-state index contributed by atoms with van der Waals surface area (Å²) in [6, 6.07) is 5.72. The number of hydrogen-bond acceptors (Lipinski definition) is 3. The van der Waals surface area contributed by atoms with E-state index in [4.69, 9.17) is 4.74 Å². The molecule has 6 heteroatoms. The van der Waals surface area contributed by atoms with Crippen LogP contribution in [0.5, 0.6) is 0 Å². The third-order valence-corrected chi connectivity index (χ3v) is 4.12. The Labute approximate surface area is 148 Å². The van der Waals surface area contributed by atoms with E-state index in [1.807, 2.05) is 6.92 Å². The van der Waals surface area contributed by atoms with Crippen LogP contribution in [0.2, 0.25) is 0 Å². The molecule has 1 aliphatic rings. The Morgan fingerprint density at radius 1 is 1.36 bits per heavy atom. The van der Waals surface area contributed by atoms with E-state index in [-0.39, 0.29) is 11.7 Å². The van der Waals surface area contributed by atoms with Crippen LogP contribution in [0, 0.1) is 5.82 Å². The van der Waals surface area contributed by atoms with Crippen molar-refractivity contribution in [1.29, 1.82) is 0 Å². The Morgan fingerprint density at radius 3 is 2.68 bits per heavy atom. The smallest absolute Gasteiger partial charge is 0.410 e. The number of likely N-dealkylation sites (tertiary alicyclic amines) is 1. The molecule has 138 valence electrons. The number of amides is 2. The van der Waals surface area contributed by atoms with Gasteiger partial charge in [0.25, 0.3) is 0 Å². The normalized spacial score (nSPS) is 17.5. The number of carbonyl (C=O) groups excluding carboxylic acids is 2. The Balaban J connectivity index is 2.09. The minimum absolute atomic E-state index is 0.116. The highest BCUT2D eigenvalue weighted by atomic mass is 19.1. The summed E-state index contributed by atoms with van der Waals surface area (Å²) in [5, 5.41) is 0. The molecular weight excluding hydrogens is 323 g/mol. The third kappa shape index (κ3) is 5.18. The molecule has 2 amide bonds. The highest BCUT2D eigenvalue weighted by molar-refractivity contribution is 5.86. The van der Waals surface area contributed by atoms with Crippen molar-refractivity contribution in [2.24, 2.45) is 0 Å². The van der Waals surface area contributed by atoms with Crippen LogP contribution in [-0.4, -0.2) is 46.5 Å². The quantitative estimate of drug-likeness (QED) is 0.834. The van der Waals surface area contributed by atoms with E-state index >= 15 is 0 Å². The fourth-order valence-corrected chi connectivity index (χ4v) is 2.97. The third-order valence-electron chi connectivity index (χ3n) is 4.12. The van der Waals surface area contributed by atoms with E-state index in [2.05, 4.69) is 0 Å². The van der Waals surface area contributed by atoms with Gasteiger partial charge in [-0.15, -0.1) is 0 Å². The van der Waals surface area contributed by atoms with Crippen molar-refractivity contribution in [3.8, 4) is 0 Å². The minimum atomic E-state index is -0.598. The molecule has 0 spiro atoms. The number of benzene rings is 1. The van der Waals surface area contributed by atoms with Crippen molar-refractivity contribution in [3.05, 3.63) is 35.6 Å². The zero-order valence-electron chi connectivity index (χ0n) is 15.4. The standard InChI is InChI=1S/C19H27FN2O3/c1-5-21(13-14-8-6-9-15(20)12-14)17(23)16-10-7-11-22(16)18(24)25-19(2,3)4/h6,8-9,12,16H,5,7,10-11,13H2,1-4H3. The Hall–Kier alpha value is -2.11. The Bertz CT molecular complexity index is 627. The zero-order chi connectivity index (χ0) is 18.6. The molecule has 25 heavy (non-hydrogen) atoms. The lowest BCUT2D eigenvalue weighted by Gasteiger charge is -2.31. The second-order valence-electron chi connectivity index (χ2n) is 7.31. The van der Waals surface area contributed by atoms with Gasteiger partial charge in [-0.2, -0.15) is 0 Å². The molecular formula is C19H27FN2O3. The summed E-state index contributed by atoms with van der Waals surface area (Å²) in [4.78, 5) is 28.5. The predicted molar refractivity (Wildman–Crippen MR) is 93.5 cm³/mol. The second kappa shape index (κ2) is 7.85. The van der Waals surface area contributed by atoms with Crippen LogP contribution in [0.4, 0.5) is 9.18 Å². The molecule has 1 fully saturated rings. The molecule has 0 saturated carbocycles. The molecule has 0 aromatic heterocycles. The molecule has 1 saturated heterocycles. The number of halogens is 1. The first kappa shape index (κ1) is 19.2. The number of rotatable bonds is 4. The average molecular weight is 350 g/mol.